The van der Waals surface area contributed by atoms with Gasteiger partial charge in [0, 0.05) is 18.5 Å². The van der Waals surface area contributed by atoms with E-state index in [4.69, 9.17) is 9.72 Å². The van der Waals surface area contributed by atoms with Crippen molar-refractivity contribution in [1.82, 2.24) is 19.7 Å². The van der Waals surface area contributed by atoms with Gasteiger partial charge in [-0.05, 0) is 42.7 Å². The fourth-order valence-corrected chi connectivity index (χ4v) is 3.08. The van der Waals surface area contributed by atoms with Crippen LogP contribution in [0.5, 0.6) is 5.75 Å². The molecule has 3 heterocycles. The van der Waals surface area contributed by atoms with Crippen LogP contribution >= 0.6 is 0 Å². The average Bonchev–Trinajstić information content (AvgIpc) is 3.43. The molecule has 7 nitrogen and oxygen atoms in total. The van der Waals surface area contributed by atoms with Gasteiger partial charge in [-0.3, -0.25) is 4.79 Å². The molecule has 0 bridgehead atoms. The maximum absolute atomic E-state index is 11.5. The van der Waals surface area contributed by atoms with Gasteiger partial charge in [0.25, 0.3) is 5.91 Å². The molecule has 26 heavy (non-hydrogen) atoms. The quantitative estimate of drug-likeness (QED) is 0.784. The monoisotopic (exact) mass is 347 g/mol. The number of hydrogen-bond acceptors (Lipinski definition) is 5. The fraction of sp³-hybridized carbons (Fsp3) is 0.263. The zero-order valence-corrected chi connectivity index (χ0v) is 14.1. The number of benzene rings is 1. The van der Waals surface area contributed by atoms with E-state index >= 15 is 0 Å². The minimum absolute atomic E-state index is 0.0606. The summed E-state index contributed by atoms with van der Waals surface area (Å²) in [5.41, 5.74) is 1.73. The molecule has 1 saturated carbocycles. The molecule has 0 atom stereocenters. The number of carbonyl (C=O) groups is 1. The third-order valence-corrected chi connectivity index (χ3v) is 4.54. The summed E-state index contributed by atoms with van der Waals surface area (Å²) in [4.78, 5) is 20.7. The number of hydrogen-bond donors (Lipinski definition) is 1. The lowest BCUT2D eigenvalue weighted by molar-refractivity contribution is -0.118. The Morgan fingerprint density at radius 2 is 2.15 bits per heavy atom. The first-order chi connectivity index (χ1) is 12.8. The van der Waals surface area contributed by atoms with Crippen LogP contribution in [0.2, 0.25) is 0 Å². The van der Waals surface area contributed by atoms with Crippen LogP contribution in [0.3, 0.4) is 0 Å². The van der Waals surface area contributed by atoms with Crippen LogP contribution in [0, 0.1) is 0 Å². The molecule has 1 amide bonds. The molecule has 1 fully saturated rings. The second-order valence-corrected chi connectivity index (χ2v) is 6.60. The van der Waals surface area contributed by atoms with Gasteiger partial charge < -0.3 is 10.1 Å². The van der Waals surface area contributed by atoms with E-state index in [-0.39, 0.29) is 12.5 Å². The number of rotatable bonds is 4. The van der Waals surface area contributed by atoms with Gasteiger partial charge in [0.1, 0.15) is 11.6 Å². The Labute approximate surface area is 150 Å². The molecule has 7 heteroatoms. The highest BCUT2D eigenvalue weighted by Crippen LogP contribution is 2.38. The highest BCUT2D eigenvalue weighted by Gasteiger charge is 2.29. The molecular formula is C19H17N5O2. The van der Waals surface area contributed by atoms with E-state index in [1.54, 1.807) is 6.20 Å². The van der Waals surface area contributed by atoms with Crippen molar-refractivity contribution in [2.75, 3.05) is 11.9 Å². The van der Waals surface area contributed by atoms with E-state index in [0.29, 0.717) is 23.8 Å². The number of amides is 1. The van der Waals surface area contributed by atoms with Crippen molar-refractivity contribution in [2.24, 2.45) is 0 Å². The van der Waals surface area contributed by atoms with Crippen LogP contribution in [0.25, 0.3) is 5.82 Å². The Bertz CT molecular complexity index is 979. The zero-order chi connectivity index (χ0) is 17.5. The molecule has 1 aliphatic carbocycles. The average molecular weight is 347 g/mol. The third kappa shape index (κ3) is 2.81. The summed E-state index contributed by atoms with van der Waals surface area (Å²) in [6, 6.07) is 11.6. The van der Waals surface area contributed by atoms with Gasteiger partial charge in [-0.25, -0.2) is 9.97 Å². The van der Waals surface area contributed by atoms with Gasteiger partial charge in [0.15, 0.2) is 18.2 Å². The topological polar surface area (TPSA) is 81.9 Å². The molecule has 1 aliphatic heterocycles. The largest absolute Gasteiger partial charge is 0.482 e. The first-order valence-corrected chi connectivity index (χ1v) is 8.69. The first-order valence-electron chi connectivity index (χ1n) is 8.69. The molecule has 0 radical (unpaired) electrons. The molecule has 5 rings (SSSR count). The Morgan fingerprint density at radius 3 is 2.96 bits per heavy atom. The number of nitrogens with zero attached hydrogens (tertiary/aromatic N) is 4. The Morgan fingerprint density at radius 1 is 1.23 bits per heavy atom. The molecule has 130 valence electrons. The van der Waals surface area contributed by atoms with E-state index in [9.17, 15) is 4.79 Å². The first kappa shape index (κ1) is 15.1. The van der Waals surface area contributed by atoms with E-state index < -0.39 is 0 Å². The summed E-state index contributed by atoms with van der Waals surface area (Å²) in [6.45, 7) is 0.0606. The van der Waals surface area contributed by atoms with Crippen LogP contribution in [-0.4, -0.2) is 32.3 Å². The zero-order valence-electron chi connectivity index (χ0n) is 14.1. The summed E-state index contributed by atoms with van der Waals surface area (Å²) in [5.74, 6) is 3.51. The van der Waals surface area contributed by atoms with Crippen LogP contribution in [0.1, 0.15) is 36.0 Å². The highest BCUT2D eigenvalue weighted by atomic mass is 16.5. The second kappa shape index (κ2) is 5.94. The number of nitrogens with one attached hydrogen (secondary N) is 1. The smallest absolute Gasteiger partial charge is 0.262 e. The molecule has 1 aromatic carbocycles. The molecular weight excluding hydrogens is 330 g/mol. The third-order valence-electron chi connectivity index (χ3n) is 4.54. The standard InChI is InChI=1S/C19H17N5O2/c25-18-11-26-15-7-4-12(9-14(15)21-18)10-17-22-19(13-5-6-13)23-24(17)16-3-1-2-8-20-16/h1-4,7-9,13H,5-6,10-11H2,(H,21,25). The molecule has 2 aromatic heterocycles. The summed E-state index contributed by atoms with van der Waals surface area (Å²) in [5, 5.41) is 7.53. The normalized spacial score (nSPS) is 15.9. The SMILES string of the molecule is O=C1COc2ccc(Cc3nc(C4CC4)nn3-c3ccccn3)cc2N1. The molecule has 3 aromatic rings. The summed E-state index contributed by atoms with van der Waals surface area (Å²) in [7, 11) is 0. The second-order valence-electron chi connectivity index (χ2n) is 6.60. The Balaban J connectivity index is 1.50. The Hall–Kier alpha value is -3.22. The van der Waals surface area contributed by atoms with Crippen LogP contribution < -0.4 is 10.1 Å². The minimum Gasteiger partial charge on any atom is -0.482 e. The number of anilines is 1. The van der Waals surface area contributed by atoms with Crippen molar-refractivity contribution >= 4 is 11.6 Å². The molecule has 1 N–H and O–H groups in total. The lowest BCUT2D eigenvalue weighted by Crippen LogP contribution is -2.25. The van der Waals surface area contributed by atoms with Gasteiger partial charge in [-0.2, -0.15) is 4.68 Å². The fourth-order valence-electron chi connectivity index (χ4n) is 3.08. The van der Waals surface area contributed by atoms with E-state index in [2.05, 4.69) is 15.4 Å². The van der Waals surface area contributed by atoms with Crippen molar-refractivity contribution in [3.63, 3.8) is 0 Å². The molecule has 2 aliphatic rings. The van der Waals surface area contributed by atoms with Crippen LogP contribution in [0.15, 0.2) is 42.6 Å². The maximum Gasteiger partial charge on any atom is 0.262 e. The number of fused-ring (bicyclic) bond motifs is 1. The molecule has 0 saturated heterocycles. The lowest BCUT2D eigenvalue weighted by atomic mass is 10.1. The summed E-state index contributed by atoms with van der Waals surface area (Å²) in [6.07, 6.45) is 4.64. The highest BCUT2D eigenvalue weighted by molar-refractivity contribution is 5.95. The van der Waals surface area contributed by atoms with Gasteiger partial charge in [0.2, 0.25) is 0 Å². The van der Waals surface area contributed by atoms with Gasteiger partial charge >= 0.3 is 0 Å². The predicted molar refractivity (Wildman–Crippen MR) is 94.5 cm³/mol. The number of ether oxygens (including phenoxy) is 1. The molecule has 0 unspecified atom stereocenters. The van der Waals surface area contributed by atoms with Crippen molar-refractivity contribution < 1.29 is 9.53 Å². The lowest BCUT2D eigenvalue weighted by Gasteiger charge is -2.18. The van der Waals surface area contributed by atoms with Gasteiger partial charge in [-0.15, -0.1) is 5.10 Å². The van der Waals surface area contributed by atoms with E-state index in [1.165, 1.54) is 0 Å². The maximum atomic E-state index is 11.5. The van der Waals surface area contributed by atoms with E-state index in [0.717, 1.165) is 35.9 Å². The van der Waals surface area contributed by atoms with Crippen molar-refractivity contribution in [3.05, 3.63) is 59.8 Å². The van der Waals surface area contributed by atoms with E-state index in [1.807, 2.05) is 41.1 Å². The van der Waals surface area contributed by atoms with Gasteiger partial charge in [-0.1, -0.05) is 12.1 Å². The predicted octanol–water partition coefficient (Wildman–Crippen LogP) is 2.46. The van der Waals surface area contributed by atoms with Crippen LogP contribution in [-0.2, 0) is 11.2 Å². The summed E-state index contributed by atoms with van der Waals surface area (Å²) >= 11 is 0. The Kier molecular flexibility index (Phi) is 3.44. The number of aromatic nitrogens is 4. The minimum atomic E-state index is -0.137. The van der Waals surface area contributed by atoms with Gasteiger partial charge in [0.05, 0.1) is 5.69 Å². The summed E-state index contributed by atoms with van der Waals surface area (Å²) < 4.78 is 7.24. The van der Waals surface area contributed by atoms with Crippen LogP contribution in [0.4, 0.5) is 5.69 Å². The number of carbonyl (C=O) groups excluding carboxylic acids is 1. The van der Waals surface area contributed by atoms with Crippen molar-refractivity contribution in [2.45, 2.75) is 25.2 Å². The molecule has 0 spiro atoms. The number of pyridine rings is 1. The van der Waals surface area contributed by atoms with Crippen molar-refractivity contribution in [3.8, 4) is 11.6 Å². The van der Waals surface area contributed by atoms with Crippen molar-refractivity contribution in [1.29, 1.82) is 0 Å².